The summed E-state index contributed by atoms with van der Waals surface area (Å²) in [6.45, 7) is 1.88. The van der Waals surface area contributed by atoms with Crippen LogP contribution in [0.5, 0.6) is 5.75 Å². The number of nitrogens with two attached hydrogens (primary N) is 1. The first kappa shape index (κ1) is 26.4. The Morgan fingerprint density at radius 2 is 1.94 bits per heavy atom. The van der Waals surface area contributed by atoms with Crippen LogP contribution >= 0.6 is 46.8 Å². The van der Waals surface area contributed by atoms with Gasteiger partial charge in [-0.2, -0.15) is 5.10 Å². The van der Waals surface area contributed by atoms with Gasteiger partial charge in [-0.15, -0.1) is 11.3 Å². The van der Waals surface area contributed by atoms with E-state index in [4.69, 9.17) is 41.2 Å². The van der Waals surface area contributed by atoms with E-state index in [1.165, 1.54) is 11.3 Å². The molecule has 0 atom stereocenters. The number of hydrogen-bond acceptors (Lipinski definition) is 6. The number of primary amides is 1. The third-order valence-corrected chi connectivity index (χ3v) is 6.65. The Kier molecular flexibility index (Phi) is 9.05. The number of thiophene rings is 1. The lowest BCUT2D eigenvalue weighted by Gasteiger charge is -2.10. The lowest BCUT2D eigenvalue weighted by molar-refractivity contribution is -0.117. The molecule has 0 radical (unpaired) electrons. The second-order valence-electron chi connectivity index (χ2n) is 7.27. The molecule has 0 unspecified atom stereocenters. The van der Waals surface area contributed by atoms with Crippen LogP contribution < -0.4 is 21.8 Å². The van der Waals surface area contributed by atoms with Crippen molar-refractivity contribution in [1.82, 2.24) is 10.7 Å². The monoisotopic (exact) mass is 549 g/mol. The molecule has 0 spiro atoms. The number of amides is 2. The van der Waals surface area contributed by atoms with Crippen molar-refractivity contribution in [2.24, 2.45) is 10.8 Å². The number of anilines is 1. The van der Waals surface area contributed by atoms with E-state index in [2.05, 4.69) is 21.2 Å². The van der Waals surface area contributed by atoms with Crippen molar-refractivity contribution < 1.29 is 14.7 Å². The summed E-state index contributed by atoms with van der Waals surface area (Å²) in [5.41, 5.74) is 10.6. The zero-order valence-electron chi connectivity index (χ0n) is 18.4. The molecule has 0 aliphatic rings. The molecule has 1 heterocycles. The van der Waals surface area contributed by atoms with Crippen molar-refractivity contribution in [3.05, 3.63) is 69.0 Å². The number of carbonyl (C=O) groups is 2. The van der Waals surface area contributed by atoms with Crippen molar-refractivity contribution in [2.45, 2.75) is 13.3 Å². The SMILES string of the molecule is C/C(=N\NC(=S)Nc1cccc(C(=O)NCCC(N)=O)c1)c1csc(-c2ccc(Cl)c(Cl)c2)c1O. The van der Waals surface area contributed by atoms with Gasteiger partial charge in [0, 0.05) is 29.6 Å². The van der Waals surface area contributed by atoms with Gasteiger partial charge in [0.15, 0.2) is 5.11 Å². The minimum absolute atomic E-state index is 0.0592. The molecule has 182 valence electrons. The Hall–Kier alpha value is -3.18. The molecule has 8 nitrogen and oxygen atoms in total. The van der Waals surface area contributed by atoms with E-state index in [0.717, 1.165) is 5.56 Å². The molecule has 0 bridgehead atoms. The van der Waals surface area contributed by atoms with E-state index in [9.17, 15) is 14.7 Å². The second-order valence-corrected chi connectivity index (χ2v) is 9.37. The summed E-state index contributed by atoms with van der Waals surface area (Å²) in [7, 11) is 0. The van der Waals surface area contributed by atoms with E-state index in [-0.39, 0.29) is 29.7 Å². The fourth-order valence-corrected chi connectivity index (χ4v) is 4.41. The highest BCUT2D eigenvalue weighted by atomic mass is 35.5. The number of aromatic hydroxyl groups is 1. The lowest BCUT2D eigenvalue weighted by Crippen LogP contribution is -2.28. The minimum Gasteiger partial charge on any atom is -0.506 e. The van der Waals surface area contributed by atoms with E-state index < -0.39 is 5.91 Å². The molecule has 3 aromatic rings. The third kappa shape index (κ3) is 7.15. The summed E-state index contributed by atoms with van der Waals surface area (Å²) < 4.78 is 0. The molecule has 35 heavy (non-hydrogen) atoms. The van der Waals surface area contributed by atoms with Crippen LogP contribution in [-0.2, 0) is 4.79 Å². The maximum atomic E-state index is 12.2. The van der Waals surface area contributed by atoms with Gasteiger partial charge in [-0.1, -0.05) is 35.3 Å². The summed E-state index contributed by atoms with van der Waals surface area (Å²) in [5.74, 6) is -0.756. The highest BCUT2D eigenvalue weighted by Gasteiger charge is 2.16. The quantitative estimate of drug-likeness (QED) is 0.157. The molecular formula is C23H21Cl2N5O3S2. The van der Waals surface area contributed by atoms with Gasteiger partial charge in [0.05, 0.1) is 26.2 Å². The Morgan fingerprint density at radius 3 is 2.66 bits per heavy atom. The average Bonchev–Trinajstić information content (AvgIpc) is 3.20. The molecule has 2 aromatic carbocycles. The van der Waals surface area contributed by atoms with Crippen molar-refractivity contribution in [3.8, 4) is 16.2 Å². The number of hydrogen-bond donors (Lipinski definition) is 5. The molecule has 6 N–H and O–H groups in total. The zero-order chi connectivity index (χ0) is 25.5. The number of carbonyl (C=O) groups excluding carboxylic acids is 2. The van der Waals surface area contributed by atoms with E-state index in [1.54, 1.807) is 54.8 Å². The predicted molar refractivity (Wildman–Crippen MR) is 146 cm³/mol. The number of benzene rings is 2. The summed E-state index contributed by atoms with van der Waals surface area (Å²) in [6, 6.07) is 11.8. The Bertz CT molecular complexity index is 1310. The van der Waals surface area contributed by atoms with Crippen molar-refractivity contribution >= 4 is 75.1 Å². The molecule has 0 aliphatic carbocycles. The van der Waals surface area contributed by atoms with Gasteiger partial charge in [0.2, 0.25) is 5.91 Å². The number of nitrogens with one attached hydrogen (secondary N) is 3. The summed E-state index contributed by atoms with van der Waals surface area (Å²) in [5, 5.41) is 23.3. The summed E-state index contributed by atoms with van der Waals surface area (Å²) in [6.07, 6.45) is 0.0592. The lowest BCUT2D eigenvalue weighted by atomic mass is 10.1. The molecule has 0 fully saturated rings. The van der Waals surface area contributed by atoms with Crippen LogP contribution in [0.15, 0.2) is 52.9 Å². The van der Waals surface area contributed by atoms with Gasteiger partial charge in [-0.05, 0) is 55.0 Å². The number of halogens is 2. The highest BCUT2D eigenvalue weighted by molar-refractivity contribution is 7.80. The molecule has 2 amide bonds. The standard InChI is InChI=1S/C23H21Cl2N5O3S2/c1-12(16-11-35-21(20(16)32)13-5-6-17(24)18(25)10-13)29-30-23(34)28-15-4-2-3-14(9-15)22(33)27-8-7-19(26)31/h2-6,9-11,32H,7-8H2,1H3,(H2,26,31)(H,27,33)(H2,28,30,34)/b29-12+. The van der Waals surface area contributed by atoms with Gasteiger partial charge < -0.3 is 21.5 Å². The summed E-state index contributed by atoms with van der Waals surface area (Å²) >= 11 is 18.7. The van der Waals surface area contributed by atoms with Gasteiger partial charge >= 0.3 is 0 Å². The Labute approximate surface area is 221 Å². The Balaban J connectivity index is 1.63. The molecule has 12 heteroatoms. The van der Waals surface area contributed by atoms with Crippen LogP contribution in [0.3, 0.4) is 0 Å². The van der Waals surface area contributed by atoms with Crippen LogP contribution in [0.2, 0.25) is 10.0 Å². The third-order valence-electron chi connectivity index (χ3n) is 4.70. The average molecular weight is 550 g/mol. The van der Waals surface area contributed by atoms with Crippen molar-refractivity contribution in [2.75, 3.05) is 11.9 Å². The zero-order valence-corrected chi connectivity index (χ0v) is 21.5. The maximum Gasteiger partial charge on any atom is 0.251 e. The number of thiocarbonyl (C=S) groups is 1. The first-order valence-electron chi connectivity index (χ1n) is 10.2. The van der Waals surface area contributed by atoms with Crippen LogP contribution in [0.25, 0.3) is 10.4 Å². The van der Waals surface area contributed by atoms with Gasteiger partial charge in [-0.3, -0.25) is 15.0 Å². The van der Waals surface area contributed by atoms with E-state index >= 15 is 0 Å². The topological polar surface area (TPSA) is 129 Å². The van der Waals surface area contributed by atoms with E-state index in [1.807, 2.05) is 0 Å². The minimum atomic E-state index is -0.491. The first-order valence-corrected chi connectivity index (χ1v) is 12.2. The number of hydrazone groups is 1. The van der Waals surface area contributed by atoms with Crippen molar-refractivity contribution in [3.63, 3.8) is 0 Å². The van der Waals surface area contributed by atoms with Crippen LogP contribution in [-0.4, -0.2) is 34.3 Å². The Morgan fingerprint density at radius 1 is 1.17 bits per heavy atom. The maximum absolute atomic E-state index is 12.2. The summed E-state index contributed by atoms with van der Waals surface area (Å²) in [4.78, 5) is 23.7. The van der Waals surface area contributed by atoms with E-state index in [0.29, 0.717) is 37.4 Å². The molecule has 0 saturated carbocycles. The second kappa shape index (κ2) is 12.0. The van der Waals surface area contributed by atoms with Gasteiger partial charge in [0.1, 0.15) is 5.75 Å². The fraction of sp³-hybridized carbons (Fsp3) is 0.130. The van der Waals surface area contributed by atoms with Crippen molar-refractivity contribution in [1.29, 1.82) is 0 Å². The molecule has 0 saturated heterocycles. The molecule has 1 aromatic heterocycles. The van der Waals surface area contributed by atoms with Gasteiger partial charge in [-0.25, -0.2) is 0 Å². The van der Waals surface area contributed by atoms with Crippen LogP contribution in [0.4, 0.5) is 5.69 Å². The molecule has 0 aliphatic heterocycles. The number of nitrogens with zero attached hydrogens (tertiary/aromatic N) is 1. The fourth-order valence-electron chi connectivity index (χ4n) is 2.94. The predicted octanol–water partition coefficient (Wildman–Crippen LogP) is 4.74. The largest absolute Gasteiger partial charge is 0.506 e. The van der Waals surface area contributed by atoms with Crippen LogP contribution in [0, 0.1) is 0 Å². The normalized spacial score (nSPS) is 11.1. The first-order chi connectivity index (χ1) is 16.7. The molecule has 3 rings (SSSR count). The van der Waals surface area contributed by atoms with Crippen LogP contribution in [0.1, 0.15) is 29.3 Å². The smallest absolute Gasteiger partial charge is 0.251 e. The molecular weight excluding hydrogens is 529 g/mol. The van der Waals surface area contributed by atoms with Gasteiger partial charge in [0.25, 0.3) is 5.91 Å². The number of rotatable bonds is 8. The highest BCUT2D eigenvalue weighted by Crippen LogP contribution is 2.40.